The Morgan fingerprint density at radius 1 is 1.03 bits per heavy atom. The molecular weight excluding hydrogens is 508 g/mol. The zero-order valence-corrected chi connectivity index (χ0v) is 22.1. The summed E-state index contributed by atoms with van der Waals surface area (Å²) in [5.41, 5.74) is 2.74. The van der Waals surface area contributed by atoms with Crippen LogP contribution in [0.15, 0.2) is 87.0 Å². The number of para-hydroxylation sites is 1. The van der Waals surface area contributed by atoms with E-state index in [2.05, 4.69) is 29.4 Å². The van der Waals surface area contributed by atoms with Gasteiger partial charge in [0.2, 0.25) is 5.89 Å². The number of carbonyl (C=O) groups is 1. The Kier molecular flexibility index (Phi) is 7.03. The second-order valence-corrected chi connectivity index (χ2v) is 12.4. The van der Waals surface area contributed by atoms with E-state index in [0.717, 1.165) is 28.9 Å². The average molecular weight is 535 g/mol. The average Bonchev–Trinajstić information content (AvgIpc) is 3.36. The highest BCUT2D eigenvalue weighted by molar-refractivity contribution is 7.99. The molecule has 190 valence electrons. The van der Waals surface area contributed by atoms with Crippen molar-refractivity contribution in [1.82, 2.24) is 10.2 Å². The van der Waals surface area contributed by atoms with Gasteiger partial charge in [0.1, 0.15) is 0 Å². The number of nitrogens with zero attached hydrogens (tertiary/aromatic N) is 3. The first-order valence-corrected chi connectivity index (χ1v) is 14.3. The number of sulfonamides is 1. The van der Waals surface area contributed by atoms with Crippen LogP contribution in [-0.4, -0.2) is 36.3 Å². The van der Waals surface area contributed by atoms with E-state index < -0.39 is 15.9 Å². The zero-order valence-electron chi connectivity index (χ0n) is 20.4. The van der Waals surface area contributed by atoms with Crippen molar-refractivity contribution in [3.63, 3.8) is 0 Å². The molecule has 8 nitrogen and oxygen atoms in total. The fourth-order valence-corrected chi connectivity index (χ4v) is 6.63. The van der Waals surface area contributed by atoms with E-state index in [-0.39, 0.29) is 16.5 Å². The SMILES string of the molecule is CC(C)Sc1cccc(-c2nnc(NC(=O)c3ccc(S(=O)(=O)N4CCCc5ccccc54)cc3)o2)c1. The minimum absolute atomic E-state index is 0.0384. The lowest BCUT2D eigenvalue weighted by atomic mass is 10.0. The van der Waals surface area contributed by atoms with Gasteiger partial charge in [0.05, 0.1) is 10.6 Å². The predicted octanol–water partition coefficient (Wildman–Crippen LogP) is 5.63. The van der Waals surface area contributed by atoms with Crippen LogP contribution in [0.5, 0.6) is 0 Å². The summed E-state index contributed by atoms with van der Waals surface area (Å²) in [5.74, 6) is -0.184. The number of carbonyl (C=O) groups excluding carboxylic acids is 1. The molecule has 0 saturated heterocycles. The quantitative estimate of drug-likeness (QED) is 0.306. The Bertz CT molecular complexity index is 1530. The number of benzene rings is 3. The lowest BCUT2D eigenvalue weighted by Gasteiger charge is -2.30. The lowest BCUT2D eigenvalue weighted by Crippen LogP contribution is -2.35. The molecule has 0 saturated carbocycles. The number of aryl methyl sites for hydroxylation is 1. The van der Waals surface area contributed by atoms with Crippen molar-refractivity contribution in [2.75, 3.05) is 16.2 Å². The van der Waals surface area contributed by atoms with Crippen LogP contribution < -0.4 is 9.62 Å². The van der Waals surface area contributed by atoms with Crippen molar-refractivity contribution < 1.29 is 17.6 Å². The largest absolute Gasteiger partial charge is 0.403 e. The van der Waals surface area contributed by atoms with Crippen LogP contribution in [0.25, 0.3) is 11.5 Å². The third-order valence-corrected chi connectivity index (χ3v) is 8.70. The number of fused-ring (bicyclic) bond motifs is 1. The van der Waals surface area contributed by atoms with E-state index in [1.807, 2.05) is 48.5 Å². The van der Waals surface area contributed by atoms with Gasteiger partial charge in [-0.2, -0.15) is 0 Å². The maximum Gasteiger partial charge on any atom is 0.322 e. The molecule has 1 N–H and O–H groups in total. The van der Waals surface area contributed by atoms with Crippen LogP contribution in [0.2, 0.25) is 0 Å². The monoisotopic (exact) mass is 534 g/mol. The molecule has 0 unspecified atom stereocenters. The third kappa shape index (κ3) is 5.40. The Morgan fingerprint density at radius 3 is 2.59 bits per heavy atom. The van der Waals surface area contributed by atoms with Crippen LogP contribution in [0, 0.1) is 0 Å². The Hall–Kier alpha value is -3.63. The lowest BCUT2D eigenvalue weighted by molar-refractivity contribution is 0.102. The van der Waals surface area contributed by atoms with Crippen molar-refractivity contribution in [1.29, 1.82) is 0 Å². The van der Waals surface area contributed by atoms with Gasteiger partial charge in [-0.05, 0) is 66.9 Å². The van der Waals surface area contributed by atoms with Gasteiger partial charge in [-0.15, -0.1) is 16.9 Å². The van der Waals surface area contributed by atoms with Gasteiger partial charge in [0.25, 0.3) is 15.9 Å². The third-order valence-electron chi connectivity index (χ3n) is 5.87. The summed E-state index contributed by atoms with van der Waals surface area (Å²) in [6.45, 7) is 4.65. The summed E-state index contributed by atoms with van der Waals surface area (Å²) >= 11 is 1.73. The molecule has 1 aromatic heterocycles. The molecule has 3 aromatic carbocycles. The molecule has 0 radical (unpaired) electrons. The number of nitrogens with one attached hydrogen (secondary N) is 1. The van der Waals surface area contributed by atoms with Crippen LogP contribution in [-0.2, 0) is 16.4 Å². The molecule has 5 rings (SSSR count). The summed E-state index contributed by atoms with van der Waals surface area (Å²) in [6, 6.07) is 21.1. The molecule has 4 aromatic rings. The summed E-state index contributed by atoms with van der Waals surface area (Å²) in [5, 5.41) is 11.0. The van der Waals surface area contributed by atoms with Gasteiger partial charge in [-0.25, -0.2) is 8.42 Å². The Labute approximate surface area is 220 Å². The molecule has 0 fully saturated rings. The molecular formula is C27H26N4O4S2. The van der Waals surface area contributed by atoms with Gasteiger partial charge in [-0.1, -0.05) is 43.2 Å². The van der Waals surface area contributed by atoms with Crippen molar-refractivity contribution in [3.05, 3.63) is 83.9 Å². The summed E-state index contributed by atoms with van der Waals surface area (Å²) in [6.07, 6.45) is 1.60. The van der Waals surface area contributed by atoms with Gasteiger partial charge < -0.3 is 4.42 Å². The number of hydrogen-bond donors (Lipinski definition) is 1. The van der Waals surface area contributed by atoms with Crippen LogP contribution >= 0.6 is 11.8 Å². The smallest absolute Gasteiger partial charge is 0.322 e. The zero-order chi connectivity index (χ0) is 26.0. The van der Waals surface area contributed by atoms with E-state index in [4.69, 9.17) is 4.42 Å². The first kappa shape index (κ1) is 25.0. The molecule has 0 aliphatic carbocycles. The molecule has 2 heterocycles. The molecule has 1 amide bonds. The van der Waals surface area contributed by atoms with Crippen LogP contribution in [0.3, 0.4) is 0 Å². The van der Waals surface area contributed by atoms with Crippen molar-refractivity contribution in [3.8, 4) is 11.5 Å². The summed E-state index contributed by atoms with van der Waals surface area (Å²) in [4.78, 5) is 14.0. The molecule has 0 atom stereocenters. The van der Waals surface area contributed by atoms with E-state index >= 15 is 0 Å². The highest BCUT2D eigenvalue weighted by Gasteiger charge is 2.29. The minimum atomic E-state index is -3.76. The number of anilines is 2. The van der Waals surface area contributed by atoms with Crippen molar-refractivity contribution in [2.45, 2.75) is 41.7 Å². The number of amides is 1. The van der Waals surface area contributed by atoms with E-state index in [1.54, 1.807) is 11.8 Å². The number of hydrogen-bond acceptors (Lipinski definition) is 7. The minimum Gasteiger partial charge on any atom is -0.403 e. The predicted molar refractivity (Wildman–Crippen MR) is 144 cm³/mol. The summed E-state index contributed by atoms with van der Waals surface area (Å²) in [7, 11) is -3.76. The van der Waals surface area contributed by atoms with Crippen molar-refractivity contribution in [2.24, 2.45) is 0 Å². The maximum absolute atomic E-state index is 13.3. The Balaban J connectivity index is 1.29. The second kappa shape index (κ2) is 10.4. The van der Waals surface area contributed by atoms with Gasteiger partial charge in [-0.3, -0.25) is 14.4 Å². The van der Waals surface area contributed by atoms with Gasteiger partial charge in [0, 0.05) is 27.8 Å². The number of thioether (sulfide) groups is 1. The first-order valence-electron chi connectivity index (χ1n) is 11.9. The number of aromatic nitrogens is 2. The number of rotatable bonds is 7. The van der Waals surface area contributed by atoms with Crippen LogP contribution in [0.1, 0.15) is 36.2 Å². The normalized spacial score (nSPS) is 13.4. The standard InChI is InChI=1S/C27H26N4O4S2/c1-18(2)36-22-10-5-8-21(17-22)26-29-30-27(35-26)28-25(32)20-12-14-23(15-13-20)37(33,34)31-16-6-9-19-7-3-4-11-24(19)31/h3-5,7-8,10-15,17-18H,6,9,16H2,1-2H3,(H,28,30,32). The molecule has 0 spiro atoms. The second-order valence-electron chi connectivity index (χ2n) is 8.89. The topological polar surface area (TPSA) is 105 Å². The van der Waals surface area contributed by atoms with E-state index in [0.29, 0.717) is 23.4 Å². The fourth-order valence-electron chi connectivity index (χ4n) is 4.19. The molecule has 1 aliphatic heterocycles. The molecule has 10 heteroatoms. The molecule has 37 heavy (non-hydrogen) atoms. The van der Waals surface area contributed by atoms with E-state index in [9.17, 15) is 13.2 Å². The van der Waals surface area contributed by atoms with Gasteiger partial charge in [0.15, 0.2) is 0 Å². The molecule has 0 bridgehead atoms. The van der Waals surface area contributed by atoms with E-state index in [1.165, 1.54) is 28.6 Å². The van der Waals surface area contributed by atoms with Crippen molar-refractivity contribution >= 4 is 39.4 Å². The fraction of sp³-hybridized carbons (Fsp3) is 0.222. The highest BCUT2D eigenvalue weighted by atomic mass is 32.2. The van der Waals surface area contributed by atoms with Gasteiger partial charge >= 0.3 is 6.01 Å². The summed E-state index contributed by atoms with van der Waals surface area (Å²) < 4.78 is 33.8. The van der Waals surface area contributed by atoms with Crippen LogP contribution in [0.4, 0.5) is 11.7 Å². The first-order chi connectivity index (χ1) is 17.8. The maximum atomic E-state index is 13.3. The highest BCUT2D eigenvalue weighted by Crippen LogP contribution is 2.32. The Morgan fingerprint density at radius 2 is 1.81 bits per heavy atom. The molecule has 1 aliphatic rings.